The van der Waals surface area contributed by atoms with Crippen molar-refractivity contribution in [3.8, 4) is 0 Å². The first-order valence-electron chi connectivity index (χ1n) is 7.97. The number of benzene rings is 1. The molecular weight excluding hydrogens is 262 g/mol. The first-order valence-corrected chi connectivity index (χ1v) is 7.97. The summed E-state index contributed by atoms with van der Waals surface area (Å²) in [4.78, 5) is 17.1. The lowest BCUT2D eigenvalue weighted by molar-refractivity contribution is 0.0632. The number of hydrogen-bond acceptors (Lipinski definition) is 3. The first-order chi connectivity index (χ1) is 10.2. The molecule has 1 amide bonds. The third-order valence-corrected chi connectivity index (χ3v) is 4.62. The molecule has 4 heteroatoms. The molecule has 2 fully saturated rings. The SMILES string of the molecule is CNc1ccc(C(=O)N2CCN(CC3CC3)CC2)cc1C. The van der Waals surface area contributed by atoms with Gasteiger partial charge in [-0.25, -0.2) is 0 Å². The second-order valence-electron chi connectivity index (χ2n) is 6.32. The van der Waals surface area contributed by atoms with Gasteiger partial charge < -0.3 is 10.2 Å². The van der Waals surface area contributed by atoms with Crippen molar-refractivity contribution in [2.75, 3.05) is 45.1 Å². The van der Waals surface area contributed by atoms with E-state index in [-0.39, 0.29) is 5.91 Å². The van der Waals surface area contributed by atoms with Crippen LogP contribution in [0.25, 0.3) is 0 Å². The Kier molecular flexibility index (Phi) is 4.15. The van der Waals surface area contributed by atoms with E-state index in [0.29, 0.717) is 0 Å². The Hall–Kier alpha value is -1.55. The standard InChI is InChI=1S/C17H25N3O/c1-13-11-15(5-6-16(13)18-2)17(21)20-9-7-19(8-10-20)12-14-3-4-14/h5-6,11,14,18H,3-4,7-10,12H2,1-2H3. The van der Waals surface area contributed by atoms with E-state index < -0.39 is 0 Å². The molecule has 1 aliphatic carbocycles. The Morgan fingerprint density at radius 1 is 1.24 bits per heavy atom. The Morgan fingerprint density at radius 2 is 1.95 bits per heavy atom. The molecule has 1 saturated carbocycles. The van der Waals surface area contributed by atoms with Gasteiger partial charge in [0.05, 0.1) is 0 Å². The quantitative estimate of drug-likeness (QED) is 0.922. The van der Waals surface area contributed by atoms with E-state index >= 15 is 0 Å². The van der Waals surface area contributed by atoms with Crippen molar-refractivity contribution in [2.24, 2.45) is 5.92 Å². The number of nitrogens with one attached hydrogen (secondary N) is 1. The Balaban J connectivity index is 1.59. The summed E-state index contributed by atoms with van der Waals surface area (Å²) >= 11 is 0. The van der Waals surface area contributed by atoms with Gasteiger partial charge in [-0.05, 0) is 49.4 Å². The molecule has 0 unspecified atom stereocenters. The Labute approximate surface area is 127 Å². The maximum Gasteiger partial charge on any atom is 0.253 e. The van der Waals surface area contributed by atoms with Gasteiger partial charge in [0.2, 0.25) is 0 Å². The molecule has 0 bridgehead atoms. The molecule has 0 atom stereocenters. The second kappa shape index (κ2) is 6.06. The predicted octanol–water partition coefficient (Wildman–Crippen LogP) is 2.20. The first kappa shape index (κ1) is 14.4. The van der Waals surface area contributed by atoms with Crippen molar-refractivity contribution in [3.05, 3.63) is 29.3 Å². The minimum absolute atomic E-state index is 0.173. The number of rotatable bonds is 4. The summed E-state index contributed by atoms with van der Waals surface area (Å²) in [6.45, 7) is 7.04. The molecule has 0 aromatic heterocycles. The summed E-state index contributed by atoms with van der Waals surface area (Å²) in [5, 5.41) is 3.14. The third-order valence-electron chi connectivity index (χ3n) is 4.62. The highest BCUT2D eigenvalue weighted by Crippen LogP contribution is 2.30. The maximum absolute atomic E-state index is 12.6. The number of carbonyl (C=O) groups is 1. The van der Waals surface area contributed by atoms with Gasteiger partial charge in [0.1, 0.15) is 0 Å². The second-order valence-corrected chi connectivity index (χ2v) is 6.32. The van der Waals surface area contributed by atoms with E-state index in [9.17, 15) is 4.79 Å². The molecule has 114 valence electrons. The summed E-state index contributed by atoms with van der Waals surface area (Å²) in [6, 6.07) is 5.91. The van der Waals surface area contributed by atoms with Crippen LogP contribution in [0.5, 0.6) is 0 Å². The number of nitrogens with zero attached hydrogens (tertiary/aromatic N) is 2. The van der Waals surface area contributed by atoms with Gasteiger partial charge >= 0.3 is 0 Å². The fourth-order valence-corrected chi connectivity index (χ4v) is 3.06. The number of anilines is 1. The van der Waals surface area contributed by atoms with Crippen molar-refractivity contribution >= 4 is 11.6 Å². The van der Waals surface area contributed by atoms with Gasteiger partial charge in [-0.3, -0.25) is 9.69 Å². The average molecular weight is 287 g/mol. The number of hydrogen-bond donors (Lipinski definition) is 1. The van der Waals surface area contributed by atoms with Crippen LogP contribution in [-0.4, -0.2) is 55.5 Å². The van der Waals surface area contributed by atoms with Crippen molar-refractivity contribution in [2.45, 2.75) is 19.8 Å². The summed E-state index contributed by atoms with van der Waals surface area (Å²) < 4.78 is 0. The molecule has 1 N–H and O–H groups in total. The molecule has 1 aromatic carbocycles. The molecular formula is C17H25N3O. The van der Waals surface area contributed by atoms with Gasteiger partial charge in [0.15, 0.2) is 0 Å². The van der Waals surface area contributed by atoms with Crippen LogP contribution < -0.4 is 5.32 Å². The third kappa shape index (κ3) is 3.38. The number of amides is 1. The van der Waals surface area contributed by atoms with Gasteiger partial charge in [-0.2, -0.15) is 0 Å². The monoisotopic (exact) mass is 287 g/mol. The molecule has 21 heavy (non-hydrogen) atoms. The molecule has 1 aliphatic heterocycles. The minimum atomic E-state index is 0.173. The highest BCUT2D eigenvalue weighted by atomic mass is 16.2. The highest BCUT2D eigenvalue weighted by Gasteiger charge is 2.27. The van der Waals surface area contributed by atoms with Crippen LogP contribution in [0.15, 0.2) is 18.2 Å². The van der Waals surface area contributed by atoms with Gasteiger partial charge in [0, 0.05) is 51.0 Å². The molecule has 4 nitrogen and oxygen atoms in total. The summed E-state index contributed by atoms with van der Waals surface area (Å²) in [6.07, 6.45) is 2.80. The van der Waals surface area contributed by atoms with Crippen LogP contribution in [0.1, 0.15) is 28.8 Å². The molecule has 0 radical (unpaired) electrons. The Bertz CT molecular complexity index is 517. The van der Waals surface area contributed by atoms with Crippen LogP contribution in [0, 0.1) is 12.8 Å². The molecule has 0 spiro atoms. The van der Waals surface area contributed by atoms with E-state index in [1.54, 1.807) is 0 Å². The summed E-state index contributed by atoms with van der Waals surface area (Å²) in [5.74, 6) is 1.11. The largest absolute Gasteiger partial charge is 0.388 e. The lowest BCUT2D eigenvalue weighted by atomic mass is 10.1. The van der Waals surface area contributed by atoms with Crippen molar-refractivity contribution in [3.63, 3.8) is 0 Å². The molecule has 1 saturated heterocycles. The normalized spacial score (nSPS) is 19.6. The number of piperazine rings is 1. The van der Waals surface area contributed by atoms with Crippen LogP contribution in [0.3, 0.4) is 0 Å². The predicted molar refractivity (Wildman–Crippen MR) is 85.8 cm³/mol. The number of carbonyl (C=O) groups excluding carboxylic acids is 1. The smallest absolute Gasteiger partial charge is 0.253 e. The van der Waals surface area contributed by atoms with Gasteiger partial charge in [0.25, 0.3) is 5.91 Å². The molecule has 2 aliphatic rings. The minimum Gasteiger partial charge on any atom is -0.388 e. The maximum atomic E-state index is 12.6. The zero-order valence-electron chi connectivity index (χ0n) is 13.1. The van der Waals surface area contributed by atoms with Gasteiger partial charge in [-0.15, -0.1) is 0 Å². The average Bonchev–Trinajstić information content (AvgIpc) is 3.31. The van der Waals surface area contributed by atoms with Crippen LogP contribution in [0.2, 0.25) is 0 Å². The fraction of sp³-hybridized carbons (Fsp3) is 0.588. The summed E-state index contributed by atoms with van der Waals surface area (Å²) in [5.41, 5.74) is 3.01. The molecule has 3 rings (SSSR count). The summed E-state index contributed by atoms with van der Waals surface area (Å²) in [7, 11) is 1.91. The lowest BCUT2D eigenvalue weighted by Gasteiger charge is -2.34. The number of aryl methyl sites for hydroxylation is 1. The molecule has 1 aromatic rings. The Morgan fingerprint density at radius 3 is 2.52 bits per heavy atom. The van der Waals surface area contributed by atoms with E-state index in [0.717, 1.165) is 48.9 Å². The van der Waals surface area contributed by atoms with E-state index in [2.05, 4.69) is 10.2 Å². The highest BCUT2D eigenvalue weighted by molar-refractivity contribution is 5.95. The zero-order chi connectivity index (χ0) is 14.8. The van der Waals surface area contributed by atoms with Crippen LogP contribution >= 0.6 is 0 Å². The van der Waals surface area contributed by atoms with Crippen molar-refractivity contribution < 1.29 is 4.79 Å². The van der Waals surface area contributed by atoms with Crippen LogP contribution in [-0.2, 0) is 0 Å². The lowest BCUT2D eigenvalue weighted by Crippen LogP contribution is -2.49. The van der Waals surface area contributed by atoms with Crippen molar-refractivity contribution in [1.82, 2.24) is 9.80 Å². The van der Waals surface area contributed by atoms with Gasteiger partial charge in [-0.1, -0.05) is 0 Å². The zero-order valence-corrected chi connectivity index (χ0v) is 13.1. The van der Waals surface area contributed by atoms with Crippen LogP contribution in [0.4, 0.5) is 5.69 Å². The molecule has 1 heterocycles. The fourth-order valence-electron chi connectivity index (χ4n) is 3.06. The van der Waals surface area contributed by atoms with E-state index in [1.165, 1.54) is 19.4 Å². The van der Waals surface area contributed by atoms with E-state index in [1.807, 2.05) is 37.1 Å². The topological polar surface area (TPSA) is 35.6 Å². The van der Waals surface area contributed by atoms with E-state index in [4.69, 9.17) is 0 Å². The van der Waals surface area contributed by atoms with Crippen molar-refractivity contribution in [1.29, 1.82) is 0 Å².